The van der Waals surface area contributed by atoms with Gasteiger partial charge in [0, 0.05) is 39.9 Å². The van der Waals surface area contributed by atoms with Crippen molar-refractivity contribution in [2.24, 2.45) is 0 Å². The minimum atomic E-state index is -0.799. The summed E-state index contributed by atoms with van der Waals surface area (Å²) in [6.07, 6.45) is 1.28. The molecule has 1 aliphatic heterocycles. The molecule has 1 fully saturated rings. The number of piperidine rings is 1. The van der Waals surface area contributed by atoms with Crippen LogP contribution in [0.5, 0.6) is 0 Å². The number of hydrogen-bond donors (Lipinski definition) is 1. The summed E-state index contributed by atoms with van der Waals surface area (Å²) in [5.74, 6) is -0.0111. The number of carbonyl (C=O) groups excluding carboxylic acids is 2. The quantitative estimate of drug-likeness (QED) is 0.484. The molecule has 1 saturated heterocycles. The second-order valence-corrected chi connectivity index (χ2v) is 9.90. The zero-order valence-corrected chi connectivity index (χ0v) is 22.0. The highest BCUT2D eigenvalue weighted by atomic mass is 16.5. The molecule has 0 unspecified atom stereocenters. The van der Waals surface area contributed by atoms with Crippen molar-refractivity contribution >= 4 is 11.8 Å². The molecule has 37 heavy (non-hydrogen) atoms. The van der Waals surface area contributed by atoms with Crippen molar-refractivity contribution < 1.29 is 14.3 Å². The smallest absolute Gasteiger partial charge is 0.251 e. The first-order valence-corrected chi connectivity index (χ1v) is 12.9. The summed E-state index contributed by atoms with van der Waals surface area (Å²) in [5, 5.41) is 3.16. The molecule has 1 aliphatic rings. The Morgan fingerprint density at radius 2 is 1.46 bits per heavy atom. The molecule has 0 aliphatic carbocycles. The molecule has 0 saturated carbocycles. The van der Waals surface area contributed by atoms with Crippen LogP contribution >= 0.6 is 0 Å². The third-order valence-corrected chi connectivity index (χ3v) is 7.41. The number of likely N-dealkylation sites (N-methyl/N-ethyl adjacent to an activating group) is 1. The number of ether oxygens (including phenoxy) is 1. The normalized spacial score (nSPS) is 18.2. The standard InChI is InChI=1S/C31H37N3O3/c1-33(2)30(36)31(25-15-9-5-10-16-25,26-17-11-6-12-18-26)20-22-34-21-19-27(28(23-34)37-3)32-29(35)24-13-7-4-8-14-24/h4-18,27-28H,19-23H2,1-3H3,(H,32,35)/t27-,28+/m0/s1. The fourth-order valence-electron chi connectivity index (χ4n) is 5.39. The summed E-state index contributed by atoms with van der Waals surface area (Å²) >= 11 is 0. The number of benzene rings is 3. The zero-order chi connectivity index (χ0) is 26.3. The minimum Gasteiger partial charge on any atom is -0.378 e. The van der Waals surface area contributed by atoms with Gasteiger partial charge in [-0.15, -0.1) is 0 Å². The number of nitrogens with one attached hydrogen (secondary N) is 1. The maximum atomic E-state index is 13.9. The van der Waals surface area contributed by atoms with Crippen molar-refractivity contribution in [3.63, 3.8) is 0 Å². The van der Waals surface area contributed by atoms with Gasteiger partial charge in [0.25, 0.3) is 5.91 Å². The molecule has 6 nitrogen and oxygen atoms in total. The number of nitrogens with zero attached hydrogens (tertiary/aromatic N) is 2. The molecule has 194 valence electrons. The molecule has 4 rings (SSSR count). The molecule has 6 heteroatoms. The van der Waals surface area contributed by atoms with Gasteiger partial charge in [-0.3, -0.25) is 9.59 Å². The third-order valence-electron chi connectivity index (χ3n) is 7.41. The molecule has 3 aromatic rings. The summed E-state index contributed by atoms with van der Waals surface area (Å²) in [6.45, 7) is 2.23. The molecule has 0 radical (unpaired) electrons. The van der Waals surface area contributed by atoms with E-state index in [0.717, 1.165) is 30.6 Å². The lowest BCUT2D eigenvalue weighted by Crippen LogP contribution is -2.55. The van der Waals surface area contributed by atoms with Crippen LogP contribution in [0.1, 0.15) is 34.3 Å². The summed E-state index contributed by atoms with van der Waals surface area (Å²) in [6, 6.07) is 29.4. The highest BCUT2D eigenvalue weighted by molar-refractivity contribution is 5.94. The molecule has 3 aromatic carbocycles. The first-order valence-electron chi connectivity index (χ1n) is 12.9. The van der Waals surface area contributed by atoms with Crippen LogP contribution in [-0.4, -0.2) is 74.6 Å². The fourth-order valence-corrected chi connectivity index (χ4v) is 5.39. The third kappa shape index (κ3) is 5.92. The Labute approximate surface area is 220 Å². The van der Waals surface area contributed by atoms with Crippen LogP contribution in [0.4, 0.5) is 0 Å². The van der Waals surface area contributed by atoms with Crippen LogP contribution in [0.3, 0.4) is 0 Å². The molecule has 0 bridgehead atoms. The zero-order valence-electron chi connectivity index (χ0n) is 22.0. The van der Waals surface area contributed by atoms with Crippen molar-refractivity contribution in [2.75, 3.05) is 40.8 Å². The summed E-state index contributed by atoms with van der Waals surface area (Å²) in [4.78, 5) is 30.7. The predicted molar refractivity (Wildman–Crippen MR) is 147 cm³/mol. The number of likely N-dealkylation sites (tertiary alicyclic amines) is 1. The first kappa shape index (κ1) is 26.6. The Morgan fingerprint density at radius 3 is 1.97 bits per heavy atom. The summed E-state index contributed by atoms with van der Waals surface area (Å²) in [5.41, 5.74) is 1.84. The predicted octanol–water partition coefficient (Wildman–Crippen LogP) is 3.97. The van der Waals surface area contributed by atoms with Crippen molar-refractivity contribution in [3.05, 3.63) is 108 Å². The average Bonchev–Trinajstić information content (AvgIpc) is 2.95. The second kappa shape index (κ2) is 12.2. The van der Waals surface area contributed by atoms with E-state index < -0.39 is 5.41 Å². The molecular weight excluding hydrogens is 462 g/mol. The van der Waals surface area contributed by atoms with Crippen LogP contribution < -0.4 is 5.32 Å². The lowest BCUT2D eigenvalue weighted by atomic mass is 9.70. The van der Waals surface area contributed by atoms with Crippen molar-refractivity contribution in [2.45, 2.75) is 30.4 Å². The van der Waals surface area contributed by atoms with Crippen LogP contribution in [0, 0.1) is 0 Å². The number of rotatable bonds is 9. The Balaban J connectivity index is 1.53. The largest absolute Gasteiger partial charge is 0.378 e. The Morgan fingerprint density at radius 1 is 0.919 bits per heavy atom. The van der Waals surface area contributed by atoms with E-state index in [0.29, 0.717) is 18.5 Å². The Hall–Kier alpha value is -3.48. The molecule has 0 spiro atoms. The Bertz CT molecular complexity index is 1110. The highest BCUT2D eigenvalue weighted by Crippen LogP contribution is 2.38. The topological polar surface area (TPSA) is 61.9 Å². The van der Waals surface area contributed by atoms with E-state index in [-0.39, 0.29) is 24.0 Å². The van der Waals surface area contributed by atoms with E-state index >= 15 is 0 Å². The molecule has 1 N–H and O–H groups in total. The van der Waals surface area contributed by atoms with Crippen LogP contribution in [0.15, 0.2) is 91.0 Å². The summed E-state index contributed by atoms with van der Waals surface area (Å²) < 4.78 is 5.83. The molecule has 0 aromatic heterocycles. The van der Waals surface area contributed by atoms with Gasteiger partial charge in [-0.25, -0.2) is 0 Å². The van der Waals surface area contributed by atoms with Gasteiger partial charge in [-0.2, -0.15) is 0 Å². The van der Waals surface area contributed by atoms with E-state index in [2.05, 4.69) is 34.5 Å². The fraction of sp³-hybridized carbons (Fsp3) is 0.355. The number of amides is 2. The van der Waals surface area contributed by atoms with Crippen LogP contribution in [0.2, 0.25) is 0 Å². The van der Waals surface area contributed by atoms with Gasteiger partial charge in [0.1, 0.15) is 5.41 Å². The number of methoxy groups -OCH3 is 1. The van der Waals surface area contributed by atoms with E-state index in [1.54, 1.807) is 12.0 Å². The van der Waals surface area contributed by atoms with E-state index in [4.69, 9.17) is 4.74 Å². The van der Waals surface area contributed by atoms with Crippen molar-refractivity contribution in [1.29, 1.82) is 0 Å². The lowest BCUT2D eigenvalue weighted by molar-refractivity contribution is -0.133. The summed E-state index contributed by atoms with van der Waals surface area (Å²) in [7, 11) is 5.35. The molecule has 2 amide bonds. The Kier molecular flexibility index (Phi) is 8.74. The van der Waals surface area contributed by atoms with Gasteiger partial charge in [-0.1, -0.05) is 78.9 Å². The van der Waals surface area contributed by atoms with Gasteiger partial charge in [0.2, 0.25) is 5.91 Å². The number of carbonyl (C=O) groups is 2. The lowest BCUT2D eigenvalue weighted by Gasteiger charge is -2.41. The molecular formula is C31H37N3O3. The van der Waals surface area contributed by atoms with Gasteiger partial charge in [-0.05, 0) is 42.6 Å². The van der Waals surface area contributed by atoms with Crippen molar-refractivity contribution in [3.8, 4) is 0 Å². The van der Waals surface area contributed by atoms with Crippen molar-refractivity contribution in [1.82, 2.24) is 15.1 Å². The first-order chi connectivity index (χ1) is 18.0. The van der Waals surface area contributed by atoms with Gasteiger partial charge < -0.3 is 19.9 Å². The maximum Gasteiger partial charge on any atom is 0.251 e. The van der Waals surface area contributed by atoms with Gasteiger partial charge in [0.15, 0.2) is 0 Å². The van der Waals surface area contributed by atoms with E-state index in [9.17, 15) is 9.59 Å². The maximum absolute atomic E-state index is 13.9. The second-order valence-electron chi connectivity index (χ2n) is 9.90. The van der Waals surface area contributed by atoms with E-state index in [1.807, 2.05) is 80.8 Å². The molecule has 2 atom stereocenters. The highest BCUT2D eigenvalue weighted by Gasteiger charge is 2.43. The van der Waals surface area contributed by atoms with E-state index in [1.165, 1.54) is 0 Å². The van der Waals surface area contributed by atoms with Gasteiger partial charge in [0.05, 0.1) is 12.1 Å². The van der Waals surface area contributed by atoms with Crippen LogP contribution in [0.25, 0.3) is 0 Å². The average molecular weight is 500 g/mol. The minimum absolute atomic E-state index is 0.0645. The number of hydrogen-bond acceptors (Lipinski definition) is 4. The van der Waals surface area contributed by atoms with Gasteiger partial charge >= 0.3 is 0 Å². The molecule has 1 heterocycles. The SMILES string of the molecule is CO[C@@H]1CN(CCC(C(=O)N(C)C)(c2ccccc2)c2ccccc2)CC[C@@H]1NC(=O)c1ccccc1. The van der Waals surface area contributed by atoms with Crippen LogP contribution in [-0.2, 0) is 14.9 Å². The monoisotopic (exact) mass is 499 g/mol.